The first kappa shape index (κ1) is 16.5. The Morgan fingerprint density at radius 3 is 2.85 bits per heavy atom. The second kappa shape index (κ2) is 7.09. The summed E-state index contributed by atoms with van der Waals surface area (Å²) in [4.78, 5) is 0. The van der Waals surface area contributed by atoms with E-state index in [1.807, 2.05) is 36.4 Å². The van der Waals surface area contributed by atoms with E-state index in [2.05, 4.69) is 5.16 Å². The number of fused-ring (bicyclic) bond motifs is 1. The molecule has 1 aliphatic rings. The third-order valence-electron chi connectivity index (χ3n) is 4.42. The molecular weight excluding hydrogens is 334 g/mol. The van der Waals surface area contributed by atoms with Crippen LogP contribution in [0.25, 0.3) is 11.3 Å². The van der Waals surface area contributed by atoms with Crippen molar-refractivity contribution in [1.29, 1.82) is 0 Å². The van der Waals surface area contributed by atoms with Gasteiger partial charge < -0.3 is 23.8 Å². The van der Waals surface area contributed by atoms with Crippen LogP contribution in [0.5, 0.6) is 17.4 Å². The van der Waals surface area contributed by atoms with Gasteiger partial charge in [0, 0.05) is 24.3 Å². The van der Waals surface area contributed by atoms with E-state index in [4.69, 9.17) is 18.7 Å². The van der Waals surface area contributed by atoms with Gasteiger partial charge in [-0.3, -0.25) is 0 Å². The van der Waals surface area contributed by atoms with Crippen molar-refractivity contribution in [3.8, 4) is 28.7 Å². The molecule has 0 bridgehead atoms. The molecule has 0 spiro atoms. The first-order chi connectivity index (χ1) is 12.7. The minimum absolute atomic E-state index is 0.0396. The molecule has 1 atom stereocenters. The lowest BCUT2D eigenvalue weighted by molar-refractivity contribution is 0.0453. The van der Waals surface area contributed by atoms with Crippen molar-refractivity contribution in [1.82, 2.24) is 5.16 Å². The van der Waals surface area contributed by atoms with Gasteiger partial charge in [-0.1, -0.05) is 12.1 Å². The number of phenols is 1. The van der Waals surface area contributed by atoms with Crippen LogP contribution in [0.3, 0.4) is 0 Å². The molecule has 1 N–H and O–H groups in total. The molecule has 26 heavy (non-hydrogen) atoms. The maximum absolute atomic E-state index is 9.94. The number of ether oxygens (including phenoxy) is 3. The summed E-state index contributed by atoms with van der Waals surface area (Å²) in [5.41, 5.74) is 2.92. The predicted octanol–water partition coefficient (Wildman–Crippen LogP) is 4.10. The Morgan fingerprint density at radius 2 is 2.04 bits per heavy atom. The molecule has 0 fully saturated rings. The van der Waals surface area contributed by atoms with Gasteiger partial charge in [0.15, 0.2) is 12.6 Å². The van der Waals surface area contributed by atoms with Gasteiger partial charge in [-0.15, -0.1) is 0 Å². The van der Waals surface area contributed by atoms with Gasteiger partial charge in [-0.25, -0.2) is 0 Å². The molecule has 1 aliphatic carbocycles. The maximum Gasteiger partial charge on any atom is 0.256 e. The van der Waals surface area contributed by atoms with E-state index in [0.29, 0.717) is 17.4 Å². The van der Waals surface area contributed by atoms with Crippen molar-refractivity contribution in [2.45, 2.75) is 18.9 Å². The van der Waals surface area contributed by atoms with Crippen LogP contribution in [0.15, 0.2) is 53.1 Å². The zero-order valence-corrected chi connectivity index (χ0v) is 14.3. The molecule has 0 radical (unpaired) electrons. The van der Waals surface area contributed by atoms with Crippen molar-refractivity contribution < 1.29 is 23.8 Å². The summed E-state index contributed by atoms with van der Waals surface area (Å²) in [6, 6.07) is 14.9. The van der Waals surface area contributed by atoms with Crippen molar-refractivity contribution in [2.24, 2.45) is 0 Å². The fraction of sp³-hybridized carbons (Fsp3) is 0.250. The van der Waals surface area contributed by atoms with Crippen LogP contribution in [-0.2, 0) is 11.2 Å². The number of hydrogen-bond donors (Lipinski definition) is 1. The minimum Gasteiger partial charge on any atom is -0.508 e. The first-order valence-electron chi connectivity index (χ1n) is 8.41. The number of phenolic OH excluding ortho intramolecular Hbond substituents is 1. The van der Waals surface area contributed by atoms with Crippen LogP contribution in [0.2, 0.25) is 0 Å². The fourth-order valence-corrected chi connectivity index (χ4v) is 3.16. The third kappa shape index (κ3) is 3.23. The topological polar surface area (TPSA) is 74.0 Å². The molecule has 1 unspecified atom stereocenters. The van der Waals surface area contributed by atoms with E-state index in [-0.39, 0.29) is 12.9 Å². The van der Waals surface area contributed by atoms with Crippen molar-refractivity contribution >= 4 is 0 Å². The molecule has 6 heteroatoms. The largest absolute Gasteiger partial charge is 0.508 e. The van der Waals surface area contributed by atoms with Crippen LogP contribution in [0.1, 0.15) is 23.7 Å². The Hall–Kier alpha value is -2.99. The van der Waals surface area contributed by atoms with Crippen molar-refractivity contribution in [3.63, 3.8) is 0 Å². The van der Waals surface area contributed by atoms with Gasteiger partial charge >= 0.3 is 0 Å². The number of aromatic nitrogens is 1. The first-order valence-corrected chi connectivity index (χ1v) is 8.41. The highest BCUT2D eigenvalue weighted by Crippen LogP contribution is 2.39. The summed E-state index contributed by atoms with van der Waals surface area (Å²) < 4.78 is 21.5. The van der Waals surface area contributed by atoms with Gasteiger partial charge in [0.1, 0.15) is 17.6 Å². The fourth-order valence-electron chi connectivity index (χ4n) is 3.16. The Labute approximate surface area is 150 Å². The Morgan fingerprint density at radius 1 is 1.19 bits per heavy atom. The smallest absolute Gasteiger partial charge is 0.256 e. The van der Waals surface area contributed by atoms with E-state index in [9.17, 15) is 5.11 Å². The average Bonchev–Trinajstić information content (AvgIpc) is 3.29. The molecule has 3 aromatic rings. The summed E-state index contributed by atoms with van der Waals surface area (Å²) in [6.07, 6.45) is 1.64. The van der Waals surface area contributed by atoms with Crippen LogP contribution < -0.4 is 9.47 Å². The summed E-state index contributed by atoms with van der Waals surface area (Å²) in [6.45, 7) is 0.122. The van der Waals surface area contributed by atoms with Crippen LogP contribution >= 0.6 is 0 Å². The zero-order chi connectivity index (χ0) is 17.9. The van der Waals surface area contributed by atoms with Crippen molar-refractivity contribution in [3.05, 3.63) is 59.7 Å². The van der Waals surface area contributed by atoms with Gasteiger partial charge in [0.05, 0.1) is 0 Å². The number of aromatic hydroxyl groups is 1. The number of hydrogen-bond acceptors (Lipinski definition) is 6. The molecule has 4 rings (SSSR count). The normalized spacial score (nSPS) is 15.7. The van der Waals surface area contributed by atoms with E-state index in [1.165, 1.54) is 0 Å². The molecular formula is C20H19NO5. The van der Waals surface area contributed by atoms with Crippen LogP contribution in [-0.4, -0.2) is 24.2 Å². The molecule has 2 aromatic carbocycles. The van der Waals surface area contributed by atoms with Gasteiger partial charge in [-0.2, -0.15) is 0 Å². The lowest BCUT2D eigenvalue weighted by atomic mass is 10.1. The molecule has 0 saturated heterocycles. The Kier molecular flexibility index (Phi) is 4.50. The standard InChI is InChI=1S/C20H19NO5/c1-23-12-24-20-11-19(26-21-20)13-5-7-14(8-6-13)25-18-10-9-15-16(18)3-2-4-17(15)22/h2-8,11,18,22H,9-10,12H2,1H3. The summed E-state index contributed by atoms with van der Waals surface area (Å²) in [7, 11) is 1.55. The lowest BCUT2D eigenvalue weighted by Crippen LogP contribution is -2.03. The summed E-state index contributed by atoms with van der Waals surface area (Å²) in [5.74, 6) is 2.11. The molecule has 134 valence electrons. The summed E-state index contributed by atoms with van der Waals surface area (Å²) in [5, 5.41) is 13.8. The Balaban J connectivity index is 1.46. The monoisotopic (exact) mass is 353 g/mol. The highest BCUT2D eigenvalue weighted by atomic mass is 16.7. The number of rotatable bonds is 6. The number of nitrogens with zero attached hydrogens (tertiary/aromatic N) is 1. The second-order valence-corrected chi connectivity index (χ2v) is 6.09. The molecule has 1 aromatic heterocycles. The quantitative estimate of drug-likeness (QED) is 0.673. The van der Waals surface area contributed by atoms with Gasteiger partial charge in [-0.05, 0) is 53.9 Å². The molecule has 1 heterocycles. The molecule has 0 aliphatic heterocycles. The lowest BCUT2D eigenvalue weighted by Gasteiger charge is -2.15. The van der Waals surface area contributed by atoms with Crippen LogP contribution in [0.4, 0.5) is 0 Å². The van der Waals surface area contributed by atoms with Gasteiger partial charge in [0.2, 0.25) is 0 Å². The van der Waals surface area contributed by atoms with E-state index in [0.717, 1.165) is 35.3 Å². The second-order valence-electron chi connectivity index (χ2n) is 6.09. The van der Waals surface area contributed by atoms with E-state index < -0.39 is 0 Å². The third-order valence-corrected chi connectivity index (χ3v) is 4.42. The summed E-state index contributed by atoms with van der Waals surface area (Å²) >= 11 is 0. The molecule has 0 amide bonds. The maximum atomic E-state index is 9.94. The predicted molar refractivity (Wildman–Crippen MR) is 94.2 cm³/mol. The number of benzene rings is 2. The van der Waals surface area contributed by atoms with E-state index in [1.54, 1.807) is 19.2 Å². The minimum atomic E-state index is -0.0396. The highest BCUT2D eigenvalue weighted by Gasteiger charge is 2.26. The molecule has 6 nitrogen and oxygen atoms in total. The van der Waals surface area contributed by atoms with E-state index >= 15 is 0 Å². The van der Waals surface area contributed by atoms with Crippen molar-refractivity contribution in [2.75, 3.05) is 13.9 Å². The zero-order valence-electron chi connectivity index (χ0n) is 14.3. The van der Waals surface area contributed by atoms with Gasteiger partial charge in [0.25, 0.3) is 5.88 Å². The average molecular weight is 353 g/mol. The number of methoxy groups -OCH3 is 1. The van der Waals surface area contributed by atoms with Crippen LogP contribution in [0, 0.1) is 0 Å². The molecule has 0 saturated carbocycles. The Bertz CT molecular complexity index is 887. The highest BCUT2D eigenvalue weighted by molar-refractivity contribution is 5.59. The SMILES string of the molecule is COCOc1cc(-c2ccc(OC3CCc4c(O)cccc43)cc2)on1.